The van der Waals surface area contributed by atoms with Gasteiger partial charge in [0.2, 0.25) is 0 Å². The van der Waals surface area contributed by atoms with Crippen molar-refractivity contribution in [2.24, 2.45) is 34.5 Å². The fraction of sp³-hybridized carbons (Fsp3) is 0.792. The van der Waals surface area contributed by atoms with Gasteiger partial charge in [-0.15, -0.1) is 0 Å². The molecule has 3 fully saturated rings. The van der Waals surface area contributed by atoms with Crippen LogP contribution in [0.3, 0.4) is 0 Å². The predicted octanol–water partition coefficient (Wildman–Crippen LogP) is 4.39. The molecule has 0 aromatic heterocycles. The largest absolute Gasteiger partial charge is 0.320 e. The number of allylic oxidation sites excluding steroid dienone is 3. The first-order valence-corrected chi connectivity index (χ1v) is 11.3. The highest BCUT2D eigenvalue weighted by Gasteiger charge is 2.60. The summed E-state index contributed by atoms with van der Waals surface area (Å²) in [4.78, 5) is 18.3. The van der Waals surface area contributed by atoms with Gasteiger partial charge >= 0.3 is 0 Å². The molecule has 0 aromatic carbocycles. The Morgan fingerprint density at radius 1 is 1.21 bits per heavy atom. The summed E-state index contributed by atoms with van der Waals surface area (Å²) in [5.74, 6) is 2.92. The molecule has 0 heterocycles. The van der Waals surface area contributed by atoms with E-state index in [4.69, 9.17) is 4.84 Å². The third-order valence-electron chi connectivity index (χ3n) is 8.82. The molecule has 6 atom stereocenters. The van der Waals surface area contributed by atoms with Crippen LogP contribution in [-0.2, 0) is 9.63 Å². The molecule has 0 spiro atoms. The molecule has 0 aliphatic heterocycles. The maximum atomic E-state index is 12.6. The summed E-state index contributed by atoms with van der Waals surface area (Å²) in [6.07, 6.45) is 11.0. The Morgan fingerprint density at radius 2 is 2.04 bits per heavy atom. The second kappa shape index (κ2) is 7.60. The van der Waals surface area contributed by atoms with E-state index in [9.17, 15) is 4.79 Å². The van der Waals surface area contributed by atoms with Gasteiger partial charge in [-0.05, 0) is 81.7 Å². The van der Waals surface area contributed by atoms with Crippen LogP contribution in [0.15, 0.2) is 23.9 Å². The van der Waals surface area contributed by atoms with E-state index in [0.29, 0.717) is 23.5 Å². The highest BCUT2D eigenvalue weighted by molar-refractivity contribution is 5.87. The molecule has 4 heteroatoms. The summed E-state index contributed by atoms with van der Waals surface area (Å²) in [6, 6.07) is 0. The lowest BCUT2D eigenvalue weighted by Gasteiger charge is -2.59. The minimum Gasteiger partial charge on any atom is -0.320 e. The number of fused-ring (bicyclic) bond motifs is 5. The Balaban J connectivity index is 1.48. The van der Waals surface area contributed by atoms with E-state index in [0.717, 1.165) is 57.6 Å². The average molecular weight is 387 g/mol. The number of rotatable bonds is 6. The number of carbonyl (C=O) groups is 1. The fourth-order valence-electron chi connectivity index (χ4n) is 7.18. The second-order valence-corrected chi connectivity index (χ2v) is 10.2. The van der Waals surface area contributed by atoms with Crippen LogP contribution in [0.25, 0.3) is 0 Å². The lowest BCUT2D eigenvalue weighted by molar-refractivity contribution is -0.133. The summed E-state index contributed by atoms with van der Waals surface area (Å²) in [5.41, 5.74) is 6.05. The summed E-state index contributed by atoms with van der Waals surface area (Å²) in [5, 5.41) is 3.15. The topological polar surface area (TPSA) is 50.4 Å². The molecule has 4 rings (SSSR count). The highest BCUT2D eigenvalue weighted by atomic mass is 16.6. The van der Waals surface area contributed by atoms with Crippen molar-refractivity contribution in [2.45, 2.75) is 65.2 Å². The van der Waals surface area contributed by atoms with Gasteiger partial charge in [0, 0.05) is 23.5 Å². The third-order valence-corrected chi connectivity index (χ3v) is 8.82. The van der Waals surface area contributed by atoms with Crippen LogP contribution >= 0.6 is 0 Å². The normalized spacial score (nSPS) is 42.5. The zero-order valence-corrected chi connectivity index (χ0v) is 18.0. The van der Waals surface area contributed by atoms with Crippen molar-refractivity contribution in [3.63, 3.8) is 0 Å². The quantitative estimate of drug-likeness (QED) is 0.404. The molecule has 0 saturated heterocycles. The first-order chi connectivity index (χ1) is 13.4. The van der Waals surface area contributed by atoms with Gasteiger partial charge < -0.3 is 5.32 Å². The number of hydrogen-bond donors (Lipinski definition) is 2. The van der Waals surface area contributed by atoms with Gasteiger partial charge in [-0.3, -0.25) is 15.1 Å². The number of hydrogen-bond acceptors (Lipinski definition) is 4. The zero-order valence-electron chi connectivity index (χ0n) is 18.0. The SMILES string of the molecule is C=C1C[C@@H]2[C@H](CC[C@]3(C)C(=O)CC[C@@H]23)[C@@]2(C)CCC(NOCCCNC)=CC12. The van der Waals surface area contributed by atoms with Crippen molar-refractivity contribution in [2.75, 3.05) is 20.2 Å². The lowest BCUT2D eigenvalue weighted by atomic mass is 9.45. The molecule has 156 valence electrons. The summed E-state index contributed by atoms with van der Waals surface area (Å²) >= 11 is 0. The van der Waals surface area contributed by atoms with Crippen LogP contribution in [-0.4, -0.2) is 26.0 Å². The van der Waals surface area contributed by atoms with E-state index in [1.165, 1.54) is 24.1 Å². The van der Waals surface area contributed by atoms with Crippen LogP contribution in [0.2, 0.25) is 0 Å². The number of nitrogens with one attached hydrogen (secondary N) is 2. The molecule has 2 N–H and O–H groups in total. The standard InChI is InChI=1S/C24H38N2O2/c1-16-14-18-19-6-7-22(27)24(19,3)11-9-20(18)23(2)10-8-17(15-21(16)23)26-28-13-5-12-25-4/h15,18-21,25-26H,1,5-14H2,2-4H3/t18-,19-,20-,21?,23+,24-/m0/s1. The molecule has 4 aliphatic rings. The van der Waals surface area contributed by atoms with E-state index in [1.807, 2.05) is 7.05 Å². The van der Waals surface area contributed by atoms with Gasteiger partial charge in [0.25, 0.3) is 0 Å². The Hall–Kier alpha value is -1.13. The minimum atomic E-state index is -0.0525. The van der Waals surface area contributed by atoms with Crippen LogP contribution in [0.1, 0.15) is 65.2 Å². The minimum absolute atomic E-state index is 0.0525. The summed E-state index contributed by atoms with van der Waals surface area (Å²) < 4.78 is 0. The Labute approximate surface area is 170 Å². The molecule has 0 bridgehead atoms. The van der Waals surface area contributed by atoms with Crippen LogP contribution in [0, 0.1) is 34.5 Å². The van der Waals surface area contributed by atoms with Crippen molar-refractivity contribution >= 4 is 5.78 Å². The lowest BCUT2D eigenvalue weighted by Crippen LogP contribution is -2.53. The fourth-order valence-corrected chi connectivity index (χ4v) is 7.18. The van der Waals surface area contributed by atoms with Gasteiger partial charge in [0.15, 0.2) is 0 Å². The molecule has 4 nitrogen and oxygen atoms in total. The summed E-state index contributed by atoms with van der Waals surface area (Å²) in [7, 11) is 1.97. The monoisotopic (exact) mass is 386 g/mol. The molecule has 4 aliphatic carbocycles. The van der Waals surface area contributed by atoms with Crippen LogP contribution in [0.4, 0.5) is 0 Å². The summed E-state index contributed by atoms with van der Waals surface area (Å²) in [6.45, 7) is 11.0. The molecular weight excluding hydrogens is 348 g/mol. The Kier molecular flexibility index (Phi) is 5.47. The highest BCUT2D eigenvalue weighted by Crippen LogP contribution is 2.65. The van der Waals surface area contributed by atoms with Gasteiger partial charge in [0.05, 0.1) is 6.61 Å². The van der Waals surface area contributed by atoms with Crippen molar-refractivity contribution in [3.8, 4) is 0 Å². The molecular formula is C24H38N2O2. The van der Waals surface area contributed by atoms with Crippen LogP contribution in [0.5, 0.6) is 0 Å². The number of Topliss-reactive ketones (excluding diaryl/α,β-unsaturated/α-hetero) is 1. The van der Waals surface area contributed by atoms with Gasteiger partial charge in [-0.1, -0.05) is 32.1 Å². The Bertz CT molecular complexity index is 672. The molecule has 0 radical (unpaired) electrons. The average Bonchev–Trinajstić information content (AvgIpc) is 2.98. The van der Waals surface area contributed by atoms with Gasteiger partial charge in [-0.25, -0.2) is 0 Å². The smallest absolute Gasteiger partial charge is 0.139 e. The van der Waals surface area contributed by atoms with Gasteiger partial charge in [0.1, 0.15) is 5.78 Å². The number of ketones is 1. The maximum Gasteiger partial charge on any atom is 0.139 e. The van der Waals surface area contributed by atoms with Crippen LogP contribution < -0.4 is 10.8 Å². The van der Waals surface area contributed by atoms with E-state index >= 15 is 0 Å². The second-order valence-electron chi connectivity index (χ2n) is 10.2. The number of hydroxylamine groups is 1. The van der Waals surface area contributed by atoms with Crippen molar-refractivity contribution in [1.29, 1.82) is 0 Å². The first kappa shape index (κ1) is 20.2. The molecule has 1 unspecified atom stereocenters. The predicted molar refractivity (Wildman–Crippen MR) is 112 cm³/mol. The van der Waals surface area contributed by atoms with Gasteiger partial charge in [-0.2, -0.15) is 0 Å². The van der Waals surface area contributed by atoms with Crippen molar-refractivity contribution in [1.82, 2.24) is 10.8 Å². The molecule has 28 heavy (non-hydrogen) atoms. The van der Waals surface area contributed by atoms with E-state index in [1.54, 1.807) is 0 Å². The number of carbonyl (C=O) groups excluding carboxylic acids is 1. The van der Waals surface area contributed by atoms with E-state index < -0.39 is 0 Å². The Morgan fingerprint density at radius 3 is 2.82 bits per heavy atom. The molecule has 3 saturated carbocycles. The van der Waals surface area contributed by atoms with E-state index in [-0.39, 0.29) is 10.8 Å². The first-order valence-electron chi connectivity index (χ1n) is 11.3. The van der Waals surface area contributed by atoms with E-state index in [2.05, 4.69) is 37.3 Å². The molecule has 0 aromatic rings. The maximum absolute atomic E-state index is 12.6. The molecule has 0 amide bonds. The van der Waals surface area contributed by atoms with Crippen molar-refractivity contribution < 1.29 is 9.63 Å². The zero-order chi connectivity index (χ0) is 19.9. The third kappa shape index (κ3) is 3.17. The van der Waals surface area contributed by atoms with Crippen molar-refractivity contribution in [3.05, 3.63) is 23.9 Å².